The van der Waals surface area contributed by atoms with Gasteiger partial charge in [0.05, 0.1) is 6.04 Å². The van der Waals surface area contributed by atoms with Gasteiger partial charge in [-0.1, -0.05) is 44.2 Å². The molecule has 0 radical (unpaired) electrons. The number of nitrogens with two attached hydrogens (primary N) is 1. The van der Waals surface area contributed by atoms with Crippen LogP contribution < -0.4 is 16.4 Å². The van der Waals surface area contributed by atoms with Crippen LogP contribution in [0.15, 0.2) is 54.7 Å². The highest BCUT2D eigenvalue weighted by molar-refractivity contribution is 5.92. The lowest BCUT2D eigenvalue weighted by atomic mass is 10.0. The lowest BCUT2D eigenvalue weighted by Gasteiger charge is -2.24. The van der Waals surface area contributed by atoms with Crippen LogP contribution in [-0.4, -0.2) is 51.1 Å². The summed E-state index contributed by atoms with van der Waals surface area (Å²) < 4.78 is 0. The highest BCUT2D eigenvalue weighted by Gasteiger charge is 2.29. The number of nitrogens with one attached hydrogen (secondary N) is 3. The number of fused-ring (bicyclic) bond motifs is 1. The second-order valence-electron chi connectivity index (χ2n) is 9.13. The number of benzene rings is 2. The number of aromatic hydroxyl groups is 1. The molecule has 0 saturated carbocycles. The molecule has 0 fully saturated rings. The van der Waals surface area contributed by atoms with Crippen LogP contribution in [0.2, 0.25) is 0 Å². The Morgan fingerprint density at radius 1 is 0.943 bits per heavy atom. The molecule has 35 heavy (non-hydrogen) atoms. The molecule has 9 nitrogen and oxygen atoms in total. The van der Waals surface area contributed by atoms with Crippen LogP contribution in [0.4, 0.5) is 0 Å². The van der Waals surface area contributed by atoms with E-state index in [2.05, 4.69) is 15.6 Å². The molecule has 0 bridgehead atoms. The van der Waals surface area contributed by atoms with Gasteiger partial charge in [-0.05, 0) is 48.1 Å². The Morgan fingerprint density at radius 3 is 2.26 bits per heavy atom. The molecule has 1 aromatic heterocycles. The van der Waals surface area contributed by atoms with Gasteiger partial charge in [-0.3, -0.25) is 9.59 Å². The van der Waals surface area contributed by atoms with Crippen LogP contribution in [0, 0.1) is 5.92 Å². The van der Waals surface area contributed by atoms with E-state index in [0.29, 0.717) is 5.56 Å². The zero-order valence-corrected chi connectivity index (χ0v) is 19.8. The van der Waals surface area contributed by atoms with Gasteiger partial charge in [-0.25, -0.2) is 4.79 Å². The van der Waals surface area contributed by atoms with Crippen molar-refractivity contribution in [2.24, 2.45) is 11.7 Å². The molecule has 0 aliphatic heterocycles. The minimum atomic E-state index is -1.14. The number of carboxylic acid groups (broad SMARTS) is 1. The van der Waals surface area contributed by atoms with Crippen LogP contribution in [-0.2, 0) is 27.2 Å². The first-order valence-electron chi connectivity index (χ1n) is 11.6. The smallest absolute Gasteiger partial charge is 0.326 e. The molecule has 0 saturated heterocycles. The molecule has 0 aliphatic rings. The van der Waals surface area contributed by atoms with E-state index in [9.17, 15) is 24.6 Å². The summed E-state index contributed by atoms with van der Waals surface area (Å²) in [6.07, 6.45) is 2.42. The van der Waals surface area contributed by atoms with Gasteiger partial charge in [0.25, 0.3) is 0 Å². The second-order valence-corrected chi connectivity index (χ2v) is 9.13. The third-order valence-electron chi connectivity index (χ3n) is 5.78. The Bertz CT molecular complexity index is 1170. The van der Waals surface area contributed by atoms with E-state index in [1.807, 2.05) is 44.3 Å². The number of para-hydroxylation sites is 1. The monoisotopic (exact) mass is 480 g/mol. The predicted molar refractivity (Wildman–Crippen MR) is 133 cm³/mol. The molecule has 7 N–H and O–H groups in total. The van der Waals surface area contributed by atoms with Crippen molar-refractivity contribution >= 4 is 28.7 Å². The third-order valence-corrected chi connectivity index (χ3v) is 5.78. The predicted octanol–water partition coefficient (Wildman–Crippen LogP) is 2.09. The average molecular weight is 481 g/mol. The Balaban J connectivity index is 1.75. The summed E-state index contributed by atoms with van der Waals surface area (Å²) in [6, 6.07) is 10.9. The van der Waals surface area contributed by atoms with Crippen molar-refractivity contribution in [3.63, 3.8) is 0 Å². The van der Waals surface area contributed by atoms with Crippen molar-refractivity contribution in [1.82, 2.24) is 15.6 Å². The molecule has 2 aromatic carbocycles. The van der Waals surface area contributed by atoms with Crippen LogP contribution in [0.5, 0.6) is 5.75 Å². The van der Waals surface area contributed by atoms with Gasteiger partial charge in [0, 0.05) is 23.5 Å². The van der Waals surface area contributed by atoms with Gasteiger partial charge in [-0.2, -0.15) is 0 Å². The number of aromatic amines is 1. The summed E-state index contributed by atoms with van der Waals surface area (Å²) in [7, 11) is 0. The number of rotatable bonds is 11. The molecule has 2 amide bonds. The minimum Gasteiger partial charge on any atom is -0.508 e. The van der Waals surface area contributed by atoms with Crippen molar-refractivity contribution in [1.29, 1.82) is 0 Å². The van der Waals surface area contributed by atoms with Crippen LogP contribution in [0.1, 0.15) is 31.4 Å². The van der Waals surface area contributed by atoms with E-state index in [1.165, 1.54) is 12.1 Å². The molecular formula is C26H32N4O5. The van der Waals surface area contributed by atoms with Gasteiger partial charge in [-0.15, -0.1) is 0 Å². The molecule has 3 rings (SSSR count). The van der Waals surface area contributed by atoms with Crippen molar-refractivity contribution < 1.29 is 24.6 Å². The number of phenolic OH excluding ortho intramolecular Hbond substituents is 1. The fourth-order valence-electron chi connectivity index (χ4n) is 3.95. The van der Waals surface area contributed by atoms with E-state index in [-0.39, 0.29) is 30.9 Å². The fraction of sp³-hybridized carbons (Fsp3) is 0.346. The number of aromatic nitrogens is 1. The highest BCUT2D eigenvalue weighted by Crippen LogP contribution is 2.19. The third kappa shape index (κ3) is 7.07. The molecule has 0 aliphatic carbocycles. The number of hydrogen-bond donors (Lipinski definition) is 6. The molecule has 3 atom stereocenters. The summed E-state index contributed by atoms with van der Waals surface area (Å²) in [5.74, 6) is -2.16. The number of carbonyl (C=O) groups is 3. The number of phenols is 1. The number of carbonyl (C=O) groups excluding carboxylic acids is 2. The van der Waals surface area contributed by atoms with Crippen molar-refractivity contribution in [2.75, 3.05) is 0 Å². The van der Waals surface area contributed by atoms with Crippen molar-refractivity contribution in [2.45, 2.75) is 51.2 Å². The van der Waals surface area contributed by atoms with Gasteiger partial charge in [0.1, 0.15) is 17.8 Å². The Hall–Kier alpha value is -3.85. The number of carboxylic acids is 1. The molecule has 1 heterocycles. The average Bonchev–Trinajstić information content (AvgIpc) is 3.21. The first-order chi connectivity index (χ1) is 16.6. The van der Waals surface area contributed by atoms with Gasteiger partial charge in [0.2, 0.25) is 11.8 Å². The Labute approximate surface area is 203 Å². The van der Waals surface area contributed by atoms with Gasteiger partial charge in [0.15, 0.2) is 0 Å². The maximum Gasteiger partial charge on any atom is 0.326 e. The first kappa shape index (κ1) is 25.8. The molecule has 0 spiro atoms. The topological polar surface area (TPSA) is 158 Å². The molecule has 0 unspecified atom stereocenters. The molecule has 186 valence electrons. The zero-order chi connectivity index (χ0) is 25.5. The quantitative estimate of drug-likeness (QED) is 0.247. The number of aliphatic carboxylic acids is 1. The molecular weight excluding hydrogens is 448 g/mol. The van der Waals surface area contributed by atoms with E-state index >= 15 is 0 Å². The number of amides is 2. The van der Waals surface area contributed by atoms with E-state index in [1.54, 1.807) is 12.1 Å². The van der Waals surface area contributed by atoms with E-state index in [0.717, 1.165) is 16.5 Å². The summed E-state index contributed by atoms with van der Waals surface area (Å²) >= 11 is 0. The Morgan fingerprint density at radius 2 is 1.60 bits per heavy atom. The van der Waals surface area contributed by atoms with E-state index in [4.69, 9.17) is 5.73 Å². The minimum absolute atomic E-state index is 0.0473. The summed E-state index contributed by atoms with van der Waals surface area (Å²) in [5, 5.41) is 25.3. The fourth-order valence-corrected chi connectivity index (χ4v) is 3.95. The van der Waals surface area contributed by atoms with Crippen LogP contribution in [0.25, 0.3) is 10.9 Å². The standard InChI is InChI=1S/C26H32N4O5/c1-15(2)11-23(26(34)35)30-25(33)22(12-16-7-9-18(31)10-8-16)29-24(32)20(27)13-17-14-28-21-6-4-3-5-19(17)21/h3-10,14-15,20,22-23,28,31H,11-13,27H2,1-2H3,(H,29,32)(H,30,33)(H,34,35)/t20-,22-,23-/m0/s1. The Kier molecular flexibility index (Phi) is 8.48. The number of H-pyrrole nitrogens is 1. The summed E-state index contributed by atoms with van der Waals surface area (Å²) in [5.41, 5.74) is 8.69. The lowest BCUT2D eigenvalue weighted by molar-refractivity contribution is -0.142. The maximum absolute atomic E-state index is 13.1. The molecule has 9 heteroatoms. The normalized spacial score (nSPS) is 13.8. The summed E-state index contributed by atoms with van der Waals surface area (Å²) in [4.78, 5) is 40.9. The molecule has 3 aromatic rings. The van der Waals surface area contributed by atoms with Crippen molar-refractivity contribution in [3.8, 4) is 5.75 Å². The SMILES string of the molecule is CC(C)C[C@H](NC(=O)[C@H](Cc1ccc(O)cc1)NC(=O)[C@@H](N)Cc1c[nH]c2ccccc12)C(=O)O. The first-order valence-corrected chi connectivity index (χ1v) is 11.6. The lowest BCUT2D eigenvalue weighted by Crippen LogP contribution is -2.55. The highest BCUT2D eigenvalue weighted by atomic mass is 16.4. The largest absolute Gasteiger partial charge is 0.508 e. The zero-order valence-electron chi connectivity index (χ0n) is 19.8. The van der Waals surface area contributed by atoms with Crippen LogP contribution in [0.3, 0.4) is 0 Å². The van der Waals surface area contributed by atoms with E-state index < -0.39 is 35.9 Å². The van der Waals surface area contributed by atoms with Crippen LogP contribution >= 0.6 is 0 Å². The van der Waals surface area contributed by atoms with Gasteiger partial charge < -0.3 is 31.6 Å². The van der Waals surface area contributed by atoms with Gasteiger partial charge >= 0.3 is 5.97 Å². The van der Waals surface area contributed by atoms with Crippen molar-refractivity contribution in [3.05, 3.63) is 65.9 Å². The maximum atomic E-state index is 13.1. The summed E-state index contributed by atoms with van der Waals surface area (Å²) in [6.45, 7) is 3.73. The second kappa shape index (κ2) is 11.5. The number of hydrogen-bond acceptors (Lipinski definition) is 5.